The number of rotatable bonds is 5. The second-order valence-electron chi connectivity index (χ2n) is 6.31. The van der Waals surface area contributed by atoms with Crippen molar-refractivity contribution in [2.24, 2.45) is 5.92 Å². The highest BCUT2D eigenvalue weighted by atomic mass is 32.2. The van der Waals surface area contributed by atoms with E-state index in [9.17, 15) is 8.42 Å². The van der Waals surface area contributed by atoms with E-state index in [0.717, 1.165) is 45.1 Å². The van der Waals surface area contributed by atoms with Crippen LogP contribution in [-0.4, -0.2) is 44.4 Å². The van der Waals surface area contributed by atoms with Gasteiger partial charge in [0.15, 0.2) is 0 Å². The molecule has 1 aliphatic heterocycles. The minimum atomic E-state index is -3.27. The van der Waals surface area contributed by atoms with Gasteiger partial charge in [-0.2, -0.15) is 17.4 Å². The van der Waals surface area contributed by atoms with Gasteiger partial charge in [-0.05, 0) is 51.0 Å². The van der Waals surface area contributed by atoms with Crippen molar-refractivity contribution < 1.29 is 8.42 Å². The maximum atomic E-state index is 12.4. The lowest BCUT2D eigenvalue weighted by Gasteiger charge is -2.33. The molecule has 6 heteroatoms. The summed E-state index contributed by atoms with van der Waals surface area (Å²) in [6.45, 7) is 6.64. The molecule has 0 unspecified atom stereocenters. The Morgan fingerprint density at radius 2 is 1.55 bits per heavy atom. The Balaban J connectivity index is 1.80. The molecule has 0 radical (unpaired) electrons. The van der Waals surface area contributed by atoms with E-state index in [4.69, 9.17) is 0 Å². The van der Waals surface area contributed by atoms with Gasteiger partial charge in [0.25, 0.3) is 10.2 Å². The largest absolute Gasteiger partial charge is 0.314 e. The van der Waals surface area contributed by atoms with Gasteiger partial charge in [0, 0.05) is 25.2 Å². The van der Waals surface area contributed by atoms with E-state index in [1.807, 2.05) is 0 Å². The zero-order valence-corrected chi connectivity index (χ0v) is 13.6. The fraction of sp³-hybridized carbons (Fsp3) is 1.00. The predicted molar refractivity (Wildman–Crippen MR) is 81.7 cm³/mol. The van der Waals surface area contributed by atoms with Crippen LogP contribution in [0.2, 0.25) is 0 Å². The number of hydrogen-bond donors (Lipinski definition) is 2. The van der Waals surface area contributed by atoms with Crippen LogP contribution in [0.25, 0.3) is 0 Å². The van der Waals surface area contributed by atoms with E-state index < -0.39 is 10.2 Å². The standard InChI is InChI=1S/C14H29N3O2S/c1-3-15-13-4-6-14(7-5-13)16-20(18,19)17-10-8-12(2)9-11-17/h12-16H,3-11H2,1-2H3. The molecule has 2 N–H and O–H groups in total. The monoisotopic (exact) mass is 303 g/mol. The van der Waals surface area contributed by atoms with Crippen LogP contribution >= 0.6 is 0 Å². The maximum absolute atomic E-state index is 12.4. The fourth-order valence-electron chi connectivity index (χ4n) is 3.21. The quantitative estimate of drug-likeness (QED) is 0.808. The van der Waals surface area contributed by atoms with Crippen LogP contribution in [0, 0.1) is 5.92 Å². The van der Waals surface area contributed by atoms with E-state index in [1.54, 1.807) is 4.31 Å². The Morgan fingerprint density at radius 1 is 1.00 bits per heavy atom. The summed E-state index contributed by atoms with van der Waals surface area (Å²) in [5.74, 6) is 0.650. The lowest BCUT2D eigenvalue weighted by molar-refractivity contribution is 0.277. The van der Waals surface area contributed by atoms with Crippen molar-refractivity contribution in [3.8, 4) is 0 Å². The summed E-state index contributed by atoms with van der Waals surface area (Å²) in [6.07, 6.45) is 5.99. The third kappa shape index (κ3) is 4.41. The number of nitrogens with zero attached hydrogens (tertiary/aromatic N) is 1. The summed E-state index contributed by atoms with van der Waals surface area (Å²) in [7, 11) is -3.27. The molecule has 118 valence electrons. The summed E-state index contributed by atoms with van der Waals surface area (Å²) >= 11 is 0. The molecule has 0 aromatic heterocycles. The summed E-state index contributed by atoms with van der Waals surface area (Å²) in [5, 5.41) is 3.45. The van der Waals surface area contributed by atoms with Crippen molar-refractivity contribution in [2.45, 2.75) is 64.5 Å². The topological polar surface area (TPSA) is 61.4 Å². The lowest BCUT2D eigenvalue weighted by Crippen LogP contribution is -2.49. The SMILES string of the molecule is CCNC1CCC(NS(=O)(=O)N2CCC(C)CC2)CC1. The van der Waals surface area contributed by atoms with Crippen molar-refractivity contribution in [2.75, 3.05) is 19.6 Å². The molecule has 0 amide bonds. The van der Waals surface area contributed by atoms with Crippen molar-refractivity contribution >= 4 is 10.2 Å². The summed E-state index contributed by atoms with van der Waals surface area (Å²) in [4.78, 5) is 0. The first-order valence-corrected chi connectivity index (χ1v) is 9.46. The summed E-state index contributed by atoms with van der Waals surface area (Å²) in [5.41, 5.74) is 0. The minimum absolute atomic E-state index is 0.120. The first kappa shape index (κ1) is 16.2. The van der Waals surface area contributed by atoms with Gasteiger partial charge in [-0.15, -0.1) is 0 Å². The Bertz CT molecular complexity index is 383. The van der Waals surface area contributed by atoms with Gasteiger partial charge < -0.3 is 5.32 Å². The van der Waals surface area contributed by atoms with Gasteiger partial charge in [-0.1, -0.05) is 13.8 Å². The second kappa shape index (κ2) is 7.20. The first-order chi connectivity index (χ1) is 9.51. The molecule has 1 saturated carbocycles. The third-order valence-corrected chi connectivity index (χ3v) is 6.29. The average molecular weight is 303 g/mol. The van der Waals surface area contributed by atoms with Gasteiger partial charge in [-0.25, -0.2) is 0 Å². The molecule has 0 bridgehead atoms. The van der Waals surface area contributed by atoms with Gasteiger partial charge in [0.05, 0.1) is 0 Å². The molecule has 5 nitrogen and oxygen atoms in total. The zero-order valence-electron chi connectivity index (χ0n) is 12.8. The maximum Gasteiger partial charge on any atom is 0.279 e. The van der Waals surface area contributed by atoms with Crippen molar-refractivity contribution in [1.82, 2.24) is 14.3 Å². The highest BCUT2D eigenvalue weighted by molar-refractivity contribution is 7.87. The van der Waals surface area contributed by atoms with E-state index in [1.165, 1.54) is 0 Å². The first-order valence-electron chi connectivity index (χ1n) is 8.02. The summed E-state index contributed by atoms with van der Waals surface area (Å²) in [6, 6.07) is 0.686. The Hall–Kier alpha value is -0.170. The fourth-order valence-corrected chi connectivity index (χ4v) is 4.71. The molecule has 1 heterocycles. The van der Waals surface area contributed by atoms with Crippen LogP contribution in [0.5, 0.6) is 0 Å². The normalized spacial score (nSPS) is 30.5. The lowest BCUT2D eigenvalue weighted by atomic mass is 9.92. The number of nitrogens with one attached hydrogen (secondary N) is 2. The molecule has 1 aliphatic carbocycles. The molecule has 20 heavy (non-hydrogen) atoms. The molecular formula is C14H29N3O2S. The molecule has 2 fully saturated rings. The third-order valence-electron chi connectivity index (χ3n) is 4.62. The number of hydrogen-bond acceptors (Lipinski definition) is 3. The smallest absolute Gasteiger partial charge is 0.279 e. The molecular weight excluding hydrogens is 274 g/mol. The van der Waals surface area contributed by atoms with Crippen molar-refractivity contribution in [1.29, 1.82) is 0 Å². The minimum Gasteiger partial charge on any atom is -0.314 e. The Labute approximate surface area is 123 Å². The molecule has 0 atom stereocenters. The second-order valence-corrected chi connectivity index (χ2v) is 8.01. The van der Waals surface area contributed by atoms with Crippen molar-refractivity contribution in [3.63, 3.8) is 0 Å². The molecule has 2 aliphatic rings. The van der Waals surface area contributed by atoms with E-state index in [-0.39, 0.29) is 6.04 Å². The van der Waals surface area contributed by atoms with E-state index in [0.29, 0.717) is 25.0 Å². The van der Waals surface area contributed by atoms with Crippen molar-refractivity contribution in [3.05, 3.63) is 0 Å². The highest BCUT2D eigenvalue weighted by Gasteiger charge is 2.30. The highest BCUT2D eigenvalue weighted by Crippen LogP contribution is 2.22. The van der Waals surface area contributed by atoms with E-state index in [2.05, 4.69) is 23.9 Å². The summed E-state index contributed by atoms with van der Waals surface area (Å²) < 4.78 is 29.3. The molecule has 1 saturated heterocycles. The Morgan fingerprint density at radius 3 is 2.10 bits per heavy atom. The van der Waals surface area contributed by atoms with Crippen LogP contribution in [0.1, 0.15) is 52.4 Å². The average Bonchev–Trinajstić information content (AvgIpc) is 2.41. The van der Waals surface area contributed by atoms with Crippen LogP contribution in [-0.2, 0) is 10.2 Å². The van der Waals surface area contributed by atoms with Gasteiger partial charge >= 0.3 is 0 Å². The Kier molecular flexibility index (Phi) is 5.84. The van der Waals surface area contributed by atoms with Gasteiger partial charge in [0.2, 0.25) is 0 Å². The molecule has 0 aromatic carbocycles. The molecule has 0 aromatic rings. The van der Waals surface area contributed by atoms with Gasteiger partial charge in [0.1, 0.15) is 0 Å². The van der Waals surface area contributed by atoms with E-state index >= 15 is 0 Å². The molecule has 0 spiro atoms. The number of piperidine rings is 1. The van der Waals surface area contributed by atoms with Crippen LogP contribution in [0.3, 0.4) is 0 Å². The van der Waals surface area contributed by atoms with Gasteiger partial charge in [-0.3, -0.25) is 0 Å². The van der Waals surface area contributed by atoms with Crippen LogP contribution in [0.4, 0.5) is 0 Å². The van der Waals surface area contributed by atoms with Crippen LogP contribution < -0.4 is 10.0 Å². The zero-order chi connectivity index (χ0) is 14.6. The predicted octanol–water partition coefficient (Wildman–Crippen LogP) is 1.47. The molecule has 2 rings (SSSR count). The van der Waals surface area contributed by atoms with Crippen LogP contribution in [0.15, 0.2) is 0 Å².